The summed E-state index contributed by atoms with van der Waals surface area (Å²) in [5, 5.41) is 0.692. The molecule has 34 heavy (non-hydrogen) atoms. The molecule has 0 unspecified atom stereocenters. The van der Waals surface area contributed by atoms with Gasteiger partial charge in [0.25, 0.3) is 0 Å². The van der Waals surface area contributed by atoms with Crippen LogP contribution in [0.1, 0.15) is 21.6 Å². The van der Waals surface area contributed by atoms with Gasteiger partial charge in [0.15, 0.2) is 17.4 Å². The SMILES string of the molecule is COC(=O)c1c(-c2cc3ccccc3nc2Oc2ccc(F)c(F)c2C)[nH]c(C)c(OC)c1=O. The molecule has 0 aliphatic heterocycles. The Morgan fingerprint density at radius 2 is 1.79 bits per heavy atom. The number of methoxy groups -OCH3 is 2. The number of pyridine rings is 2. The van der Waals surface area contributed by atoms with Crippen molar-refractivity contribution >= 4 is 16.9 Å². The maximum atomic E-state index is 14.2. The number of aromatic amines is 1. The molecule has 2 heterocycles. The second-order valence-electron chi connectivity index (χ2n) is 7.47. The second kappa shape index (κ2) is 8.93. The van der Waals surface area contributed by atoms with Gasteiger partial charge in [0, 0.05) is 10.9 Å². The van der Waals surface area contributed by atoms with E-state index in [1.807, 2.05) is 0 Å². The van der Waals surface area contributed by atoms with Crippen molar-refractivity contribution in [1.29, 1.82) is 0 Å². The first kappa shape index (κ1) is 22.9. The first-order chi connectivity index (χ1) is 16.3. The lowest BCUT2D eigenvalue weighted by atomic mass is 10.0. The number of H-pyrrole nitrogens is 1. The molecule has 0 spiro atoms. The van der Waals surface area contributed by atoms with Crippen molar-refractivity contribution in [3.05, 3.63) is 81.1 Å². The first-order valence-electron chi connectivity index (χ1n) is 10.2. The fourth-order valence-electron chi connectivity index (χ4n) is 3.65. The topological polar surface area (TPSA) is 90.5 Å². The second-order valence-corrected chi connectivity index (χ2v) is 7.47. The maximum absolute atomic E-state index is 14.2. The Morgan fingerprint density at radius 1 is 1.06 bits per heavy atom. The highest BCUT2D eigenvalue weighted by Crippen LogP contribution is 2.37. The van der Waals surface area contributed by atoms with E-state index in [-0.39, 0.29) is 39.8 Å². The predicted molar refractivity (Wildman–Crippen MR) is 122 cm³/mol. The lowest BCUT2D eigenvalue weighted by molar-refractivity contribution is 0.0599. The summed E-state index contributed by atoms with van der Waals surface area (Å²) >= 11 is 0. The fourth-order valence-corrected chi connectivity index (χ4v) is 3.65. The summed E-state index contributed by atoms with van der Waals surface area (Å²) in [6.07, 6.45) is 0. The number of fused-ring (bicyclic) bond motifs is 1. The van der Waals surface area contributed by atoms with Gasteiger partial charge in [-0.2, -0.15) is 0 Å². The van der Waals surface area contributed by atoms with Crippen LogP contribution in [-0.2, 0) is 4.74 Å². The molecular weight excluding hydrogens is 446 g/mol. The molecule has 7 nitrogen and oxygen atoms in total. The van der Waals surface area contributed by atoms with Gasteiger partial charge in [0.1, 0.15) is 11.3 Å². The Bertz CT molecular complexity index is 1500. The third-order valence-corrected chi connectivity index (χ3v) is 5.38. The fraction of sp³-hybridized carbons (Fsp3) is 0.160. The van der Waals surface area contributed by atoms with Crippen LogP contribution in [0.15, 0.2) is 47.3 Å². The Balaban J connectivity index is 2.04. The minimum absolute atomic E-state index is 0.0233. The summed E-state index contributed by atoms with van der Waals surface area (Å²) in [6.45, 7) is 2.98. The molecule has 0 amide bonds. The maximum Gasteiger partial charge on any atom is 0.344 e. The minimum atomic E-state index is -1.05. The Hall–Kier alpha value is -4.27. The van der Waals surface area contributed by atoms with Gasteiger partial charge < -0.3 is 19.2 Å². The van der Waals surface area contributed by atoms with Gasteiger partial charge in [0.05, 0.1) is 36.7 Å². The number of benzene rings is 2. The summed E-state index contributed by atoms with van der Waals surface area (Å²) in [5.41, 5.74) is 0.188. The van der Waals surface area contributed by atoms with Crippen molar-refractivity contribution in [2.75, 3.05) is 14.2 Å². The molecule has 0 atom stereocenters. The summed E-state index contributed by atoms with van der Waals surface area (Å²) in [4.78, 5) is 33.3. The summed E-state index contributed by atoms with van der Waals surface area (Å²) < 4.78 is 43.7. The van der Waals surface area contributed by atoms with Crippen LogP contribution in [0.4, 0.5) is 8.78 Å². The molecule has 0 saturated carbocycles. The first-order valence-corrected chi connectivity index (χ1v) is 10.2. The molecule has 4 aromatic rings. The van der Waals surface area contributed by atoms with Crippen molar-refractivity contribution in [3.63, 3.8) is 0 Å². The number of hydrogen-bond acceptors (Lipinski definition) is 6. The van der Waals surface area contributed by atoms with Gasteiger partial charge in [0.2, 0.25) is 11.3 Å². The largest absolute Gasteiger partial charge is 0.491 e. The molecule has 2 aromatic carbocycles. The van der Waals surface area contributed by atoms with Gasteiger partial charge >= 0.3 is 5.97 Å². The molecule has 0 aliphatic rings. The van der Waals surface area contributed by atoms with Crippen LogP contribution >= 0.6 is 0 Å². The monoisotopic (exact) mass is 466 g/mol. The average Bonchev–Trinajstić information content (AvgIpc) is 2.83. The van der Waals surface area contributed by atoms with Gasteiger partial charge in [-0.25, -0.2) is 18.6 Å². The Kier molecular flexibility index (Phi) is 6.02. The number of carbonyl (C=O) groups excluding carboxylic acids is 1. The standard InChI is InChI=1S/C25H20F2N2O5/c1-12-18(10-9-16(26)20(12)27)34-24-15(11-14-7-5-6-8-17(14)29-24)21-19(25(31)33-4)22(30)23(32-3)13(2)28-21/h5-11H,1-4H3,(H,28,30). The minimum Gasteiger partial charge on any atom is -0.491 e. The predicted octanol–water partition coefficient (Wildman–Crippen LogP) is 5.07. The van der Waals surface area contributed by atoms with E-state index in [9.17, 15) is 18.4 Å². The Morgan fingerprint density at radius 3 is 2.50 bits per heavy atom. The van der Waals surface area contributed by atoms with E-state index < -0.39 is 23.0 Å². The normalized spacial score (nSPS) is 10.9. The zero-order chi connectivity index (χ0) is 24.6. The Labute approximate surface area is 192 Å². The lowest BCUT2D eigenvalue weighted by Gasteiger charge is -2.17. The quantitative estimate of drug-likeness (QED) is 0.413. The number of halogens is 2. The third-order valence-electron chi connectivity index (χ3n) is 5.38. The average molecular weight is 466 g/mol. The van der Waals surface area contributed by atoms with E-state index in [1.54, 1.807) is 37.3 Å². The highest BCUT2D eigenvalue weighted by atomic mass is 19.2. The molecule has 0 radical (unpaired) electrons. The molecule has 9 heteroatoms. The van der Waals surface area contributed by atoms with Crippen molar-refractivity contribution in [2.45, 2.75) is 13.8 Å². The van der Waals surface area contributed by atoms with Crippen LogP contribution in [0.3, 0.4) is 0 Å². The summed E-state index contributed by atoms with van der Waals surface area (Å²) in [6, 6.07) is 11.0. The van der Waals surface area contributed by atoms with Gasteiger partial charge in [-0.1, -0.05) is 18.2 Å². The van der Waals surface area contributed by atoms with E-state index in [0.717, 1.165) is 13.2 Å². The number of ether oxygens (including phenoxy) is 3. The summed E-state index contributed by atoms with van der Waals surface area (Å²) in [7, 11) is 2.47. The molecule has 0 saturated heterocycles. The molecule has 174 valence electrons. The van der Waals surface area contributed by atoms with E-state index in [1.165, 1.54) is 20.1 Å². The number of nitrogens with one attached hydrogen (secondary N) is 1. The lowest BCUT2D eigenvalue weighted by Crippen LogP contribution is -2.22. The van der Waals surface area contributed by atoms with Crippen LogP contribution in [0, 0.1) is 25.5 Å². The van der Waals surface area contributed by atoms with Crippen LogP contribution in [0.2, 0.25) is 0 Å². The van der Waals surface area contributed by atoms with Gasteiger partial charge in [-0.3, -0.25) is 4.79 Å². The van der Waals surface area contributed by atoms with E-state index in [0.29, 0.717) is 16.6 Å². The number of aromatic nitrogens is 2. The van der Waals surface area contributed by atoms with E-state index in [2.05, 4.69) is 9.97 Å². The van der Waals surface area contributed by atoms with Gasteiger partial charge in [-0.15, -0.1) is 0 Å². The third kappa shape index (κ3) is 3.85. The molecule has 1 N–H and O–H groups in total. The smallest absolute Gasteiger partial charge is 0.344 e. The van der Waals surface area contributed by atoms with Crippen LogP contribution in [0.5, 0.6) is 17.4 Å². The number of para-hydroxylation sites is 1. The number of nitrogens with zero attached hydrogens (tertiary/aromatic N) is 1. The highest BCUT2D eigenvalue weighted by Gasteiger charge is 2.26. The number of esters is 1. The van der Waals surface area contributed by atoms with Crippen LogP contribution in [0.25, 0.3) is 22.2 Å². The summed E-state index contributed by atoms with van der Waals surface area (Å²) in [5.74, 6) is -3.01. The van der Waals surface area contributed by atoms with Crippen LogP contribution < -0.4 is 14.9 Å². The van der Waals surface area contributed by atoms with Crippen molar-refractivity contribution < 1.29 is 27.8 Å². The number of carbonyl (C=O) groups is 1. The number of aryl methyl sites for hydroxylation is 1. The molecule has 2 aromatic heterocycles. The van der Waals surface area contributed by atoms with Crippen molar-refractivity contribution in [3.8, 4) is 28.6 Å². The van der Waals surface area contributed by atoms with Crippen molar-refractivity contribution in [1.82, 2.24) is 9.97 Å². The zero-order valence-corrected chi connectivity index (χ0v) is 18.8. The number of hydrogen-bond donors (Lipinski definition) is 1. The number of rotatable bonds is 5. The molecule has 0 bridgehead atoms. The molecule has 4 rings (SSSR count). The molecule has 0 fully saturated rings. The zero-order valence-electron chi connectivity index (χ0n) is 18.8. The van der Waals surface area contributed by atoms with E-state index in [4.69, 9.17) is 14.2 Å². The highest BCUT2D eigenvalue weighted by molar-refractivity contribution is 5.98. The van der Waals surface area contributed by atoms with Gasteiger partial charge in [-0.05, 0) is 38.1 Å². The van der Waals surface area contributed by atoms with Crippen LogP contribution in [-0.4, -0.2) is 30.2 Å². The van der Waals surface area contributed by atoms with E-state index >= 15 is 0 Å². The molecular formula is C25H20F2N2O5. The van der Waals surface area contributed by atoms with Crippen molar-refractivity contribution in [2.24, 2.45) is 0 Å². The molecule has 0 aliphatic carbocycles.